The second-order valence-electron chi connectivity index (χ2n) is 3.41. The second kappa shape index (κ2) is 6.39. The summed E-state index contributed by atoms with van der Waals surface area (Å²) >= 11 is 3.33. The lowest BCUT2D eigenvalue weighted by atomic mass is 10.3. The molecular weight excluding hydrogens is 286 g/mol. The molecule has 0 aromatic heterocycles. The van der Waals surface area contributed by atoms with Gasteiger partial charge in [0.15, 0.2) is 0 Å². The van der Waals surface area contributed by atoms with Gasteiger partial charge in [0, 0.05) is 17.2 Å². The zero-order valence-electron chi connectivity index (χ0n) is 9.77. The molecule has 0 aliphatic rings. The van der Waals surface area contributed by atoms with Crippen LogP contribution in [0.1, 0.15) is 13.3 Å². The summed E-state index contributed by atoms with van der Waals surface area (Å²) in [6.45, 7) is 1.99. The third-order valence-electron chi connectivity index (χ3n) is 2.17. The van der Waals surface area contributed by atoms with Crippen molar-refractivity contribution in [2.45, 2.75) is 13.3 Å². The summed E-state index contributed by atoms with van der Waals surface area (Å²) in [5.74, 6) is -0.791. The van der Waals surface area contributed by atoms with Crippen LogP contribution in [-0.4, -0.2) is 25.5 Å². The Kier molecular flexibility index (Phi) is 5.15. The first-order chi connectivity index (χ1) is 8.04. The zero-order valence-corrected chi connectivity index (χ0v) is 11.4. The van der Waals surface area contributed by atoms with Crippen LogP contribution in [-0.2, 0) is 14.3 Å². The van der Waals surface area contributed by atoms with Gasteiger partial charge in [-0.15, -0.1) is 0 Å². The van der Waals surface area contributed by atoms with E-state index >= 15 is 0 Å². The van der Waals surface area contributed by atoms with Crippen LogP contribution in [0.4, 0.5) is 5.69 Å². The molecule has 0 spiro atoms. The number of amides is 1. The van der Waals surface area contributed by atoms with Crippen molar-refractivity contribution in [1.82, 2.24) is 0 Å². The van der Waals surface area contributed by atoms with Gasteiger partial charge < -0.3 is 9.64 Å². The maximum absolute atomic E-state index is 11.7. The fraction of sp³-hybridized carbons (Fsp3) is 0.333. The minimum atomic E-state index is -0.501. The summed E-state index contributed by atoms with van der Waals surface area (Å²) in [5.41, 5.74) is 0.730. The molecule has 0 radical (unpaired) electrons. The lowest BCUT2D eigenvalue weighted by Gasteiger charge is -2.17. The number of hydrogen-bond donors (Lipinski definition) is 0. The SMILES string of the molecule is CCOC(=O)CC(=O)N(C)c1cccc(Br)c1. The number of halogens is 1. The van der Waals surface area contributed by atoms with Crippen molar-refractivity contribution in [3.63, 3.8) is 0 Å². The highest BCUT2D eigenvalue weighted by Gasteiger charge is 2.16. The van der Waals surface area contributed by atoms with Gasteiger partial charge >= 0.3 is 5.97 Å². The van der Waals surface area contributed by atoms with Gasteiger partial charge in [0.1, 0.15) is 6.42 Å². The minimum absolute atomic E-state index is 0.239. The Bertz CT molecular complexity index is 420. The van der Waals surface area contributed by atoms with Gasteiger partial charge in [0.05, 0.1) is 6.61 Å². The quantitative estimate of drug-likeness (QED) is 0.633. The van der Waals surface area contributed by atoms with E-state index in [9.17, 15) is 9.59 Å². The van der Waals surface area contributed by atoms with Crippen molar-refractivity contribution in [3.05, 3.63) is 28.7 Å². The summed E-state index contributed by atoms with van der Waals surface area (Å²) in [6, 6.07) is 7.30. The van der Waals surface area contributed by atoms with Crippen molar-refractivity contribution in [1.29, 1.82) is 0 Å². The molecule has 1 amide bonds. The molecule has 0 fully saturated rings. The van der Waals surface area contributed by atoms with Crippen LogP contribution >= 0.6 is 15.9 Å². The fourth-order valence-electron chi connectivity index (χ4n) is 1.28. The van der Waals surface area contributed by atoms with Gasteiger partial charge in [-0.3, -0.25) is 9.59 Å². The Labute approximate surface area is 109 Å². The molecular formula is C12H14BrNO3. The van der Waals surface area contributed by atoms with Gasteiger partial charge in [0.2, 0.25) is 5.91 Å². The first-order valence-corrected chi connectivity index (χ1v) is 6.01. The summed E-state index contributed by atoms with van der Waals surface area (Å²) in [6.07, 6.45) is -0.239. The molecule has 1 rings (SSSR count). The Morgan fingerprint density at radius 2 is 2.12 bits per heavy atom. The van der Waals surface area contributed by atoms with E-state index in [1.807, 2.05) is 18.2 Å². The molecule has 0 atom stereocenters. The van der Waals surface area contributed by atoms with E-state index in [2.05, 4.69) is 15.9 Å². The topological polar surface area (TPSA) is 46.6 Å². The van der Waals surface area contributed by atoms with E-state index in [1.165, 1.54) is 4.90 Å². The molecule has 92 valence electrons. The summed E-state index contributed by atoms with van der Waals surface area (Å²) < 4.78 is 5.61. The van der Waals surface area contributed by atoms with E-state index in [0.29, 0.717) is 0 Å². The normalized spacial score (nSPS) is 9.82. The van der Waals surface area contributed by atoms with Crippen LogP contribution in [0.15, 0.2) is 28.7 Å². The first kappa shape index (κ1) is 13.7. The summed E-state index contributed by atoms with van der Waals surface area (Å²) in [7, 11) is 1.63. The van der Waals surface area contributed by atoms with E-state index in [0.717, 1.165) is 10.2 Å². The van der Waals surface area contributed by atoms with Crippen LogP contribution < -0.4 is 4.90 Å². The number of benzene rings is 1. The maximum atomic E-state index is 11.7. The van der Waals surface area contributed by atoms with E-state index in [-0.39, 0.29) is 18.9 Å². The molecule has 17 heavy (non-hydrogen) atoms. The highest BCUT2D eigenvalue weighted by molar-refractivity contribution is 9.10. The molecule has 0 bridgehead atoms. The highest BCUT2D eigenvalue weighted by atomic mass is 79.9. The number of nitrogens with zero attached hydrogens (tertiary/aromatic N) is 1. The van der Waals surface area contributed by atoms with Gasteiger partial charge in [-0.1, -0.05) is 22.0 Å². The molecule has 0 saturated carbocycles. The van der Waals surface area contributed by atoms with Gasteiger partial charge in [-0.05, 0) is 25.1 Å². The Balaban J connectivity index is 2.67. The molecule has 0 N–H and O–H groups in total. The summed E-state index contributed by atoms with van der Waals surface area (Å²) in [5, 5.41) is 0. The van der Waals surface area contributed by atoms with Gasteiger partial charge in [-0.25, -0.2) is 0 Å². The van der Waals surface area contributed by atoms with Crippen LogP contribution in [0.5, 0.6) is 0 Å². The third kappa shape index (κ3) is 4.19. The second-order valence-corrected chi connectivity index (χ2v) is 4.33. The number of ether oxygens (including phenoxy) is 1. The van der Waals surface area contributed by atoms with Crippen LogP contribution in [0.3, 0.4) is 0 Å². The molecule has 1 aromatic carbocycles. The average Bonchev–Trinajstić information content (AvgIpc) is 2.28. The molecule has 0 saturated heterocycles. The number of anilines is 1. The van der Waals surface area contributed by atoms with Crippen LogP contribution in [0.2, 0.25) is 0 Å². The van der Waals surface area contributed by atoms with E-state index in [4.69, 9.17) is 4.74 Å². The number of esters is 1. The predicted molar refractivity (Wildman–Crippen MR) is 68.8 cm³/mol. The highest BCUT2D eigenvalue weighted by Crippen LogP contribution is 2.19. The molecule has 4 nitrogen and oxygen atoms in total. The number of hydrogen-bond acceptors (Lipinski definition) is 3. The van der Waals surface area contributed by atoms with E-state index in [1.54, 1.807) is 20.0 Å². The van der Waals surface area contributed by atoms with Crippen LogP contribution in [0.25, 0.3) is 0 Å². The minimum Gasteiger partial charge on any atom is -0.466 e. The number of carbonyl (C=O) groups excluding carboxylic acids is 2. The molecule has 5 heteroatoms. The van der Waals surface area contributed by atoms with Gasteiger partial charge in [-0.2, -0.15) is 0 Å². The Morgan fingerprint density at radius 3 is 2.71 bits per heavy atom. The smallest absolute Gasteiger partial charge is 0.315 e. The third-order valence-corrected chi connectivity index (χ3v) is 2.66. The lowest BCUT2D eigenvalue weighted by Crippen LogP contribution is -2.28. The average molecular weight is 300 g/mol. The molecule has 0 unspecified atom stereocenters. The molecule has 0 heterocycles. The molecule has 1 aromatic rings. The van der Waals surface area contributed by atoms with E-state index < -0.39 is 5.97 Å². The van der Waals surface area contributed by atoms with Gasteiger partial charge in [0.25, 0.3) is 0 Å². The first-order valence-electron chi connectivity index (χ1n) is 5.22. The summed E-state index contributed by atoms with van der Waals surface area (Å²) in [4.78, 5) is 24.4. The fourth-order valence-corrected chi connectivity index (χ4v) is 1.67. The van der Waals surface area contributed by atoms with Crippen molar-refractivity contribution in [3.8, 4) is 0 Å². The van der Waals surface area contributed by atoms with Crippen LogP contribution in [0, 0.1) is 0 Å². The lowest BCUT2D eigenvalue weighted by molar-refractivity contribution is -0.145. The van der Waals surface area contributed by atoms with Crippen molar-refractivity contribution < 1.29 is 14.3 Å². The Morgan fingerprint density at radius 1 is 1.41 bits per heavy atom. The van der Waals surface area contributed by atoms with Crippen molar-refractivity contribution >= 4 is 33.5 Å². The standard InChI is InChI=1S/C12H14BrNO3/c1-3-17-12(16)8-11(15)14(2)10-6-4-5-9(13)7-10/h4-7H,3,8H2,1-2H3. The maximum Gasteiger partial charge on any atom is 0.315 e. The Hall–Kier alpha value is -1.36. The predicted octanol–water partition coefficient (Wildman–Crippen LogP) is 2.37. The number of rotatable bonds is 4. The number of carbonyl (C=O) groups is 2. The largest absolute Gasteiger partial charge is 0.466 e. The van der Waals surface area contributed by atoms with Crippen molar-refractivity contribution in [2.75, 3.05) is 18.6 Å². The molecule has 0 aliphatic carbocycles. The zero-order chi connectivity index (χ0) is 12.8. The van der Waals surface area contributed by atoms with Crippen molar-refractivity contribution in [2.24, 2.45) is 0 Å². The monoisotopic (exact) mass is 299 g/mol. The molecule has 0 aliphatic heterocycles.